The maximum absolute atomic E-state index is 11.8. The molecule has 0 amide bonds. The third-order valence-electron chi connectivity index (χ3n) is 6.16. The Hall–Kier alpha value is -1.60. The highest BCUT2D eigenvalue weighted by Gasteiger charge is 2.38. The van der Waals surface area contributed by atoms with Gasteiger partial charge in [-0.05, 0) is 43.7 Å². The molecule has 1 aromatic carbocycles. The van der Waals surface area contributed by atoms with Crippen LogP contribution in [0.15, 0.2) is 34.6 Å². The number of piperidine rings is 1. The minimum absolute atomic E-state index is 0.103. The number of aliphatic imine (C=N–C) groups is 1. The lowest BCUT2D eigenvalue weighted by molar-refractivity contribution is -0.105. The van der Waals surface area contributed by atoms with Crippen molar-refractivity contribution in [3.63, 3.8) is 0 Å². The number of aldehydes is 1. The Labute approximate surface area is 188 Å². The predicted octanol–water partition coefficient (Wildman–Crippen LogP) is 4.14. The molecule has 2 fully saturated rings. The van der Waals surface area contributed by atoms with Crippen LogP contribution in [0, 0.1) is 5.41 Å². The molecule has 2 aliphatic heterocycles. The molecule has 2 saturated heterocycles. The number of carbonyl (C=O) groups is 1. The van der Waals surface area contributed by atoms with E-state index in [1.165, 1.54) is 0 Å². The predicted molar refractivity (Wildman–Crippen MR) is 121 cm³/mol. The summed E-state index contributed by atoms with van der Waals surface area (Å²) in [5.41, 5.74) is 1.49. The zero-order chi connectivity index (χ0) is 21.7. The fraction of sp³-hybridized carbons (Fsp3) is 0.545. The monoisotopic (exact) mass is 453 g/mol. The number of likely N-dealkylation sites (tertiary alicyclic amines) is 1. The molecule has 1 aromatic rings. The highest BCUT2D eigenvalue weighted by Crippen LogP contribution is 2.40. The Kier molecular flexibility index (Phi) is 7.80. The molecule has 6 nitrogen and oxygen atoms in total. The van der Waals surface area contributed by atoms with Gasteiger partial charge in [-0.3, -0.25) is 4.79 Å². The van der Waals surface area contributed by atoms with Crippen molar-refractivity contribution < 1.29 is 14.6 Å². The Morgan fingerprint density at radius 1 is 1.33 bits per heavy atom. The molecule has 0 bridgehead atoms. The normalized spacial score (nSPS) is 19.8. The van der Waals surface area contributed by atoms with Crippen molar-refractivity contribution in [1.29, 1.82) is 0 Å². The number of benzene rings is 1. The van der Waals surface area contributed by atoms with Gasteiger partial charge in [-0.25, -0.2) is 4.99 Å². The number of nitrogens with zero attached hydrogens (tertiary/aromatic N) is 3. The van der Waals surface area contributed by atoms with Crippen LogP contribution in [0.1, 0.15) is 32.6 Å². The third kappa shape index (κ3) is 4.99. The summed E-state index contributed by atoms with van der Waals surface area (Å²) in [6, 6.07) is 5.44. The minimum atomic E-state index is -0.103. The molecular formula is C22H29Cl2N3O3. The van der Waals surface area contributed by atoms with E-state index in [-0.39, 0.29) is 18.4 Å². The van der Waals surface area contributed by atoms with Crippen LogP contribution in [0.25, 0.3) is 0 Å². The number of ether oxygens (including phenoxy) is 1. The van der Waals surface area contributed by atoms with Crippen LogP contribution in [0.2, 0.25) is 10.0 Å². The fourth-order valence-corrected chi connectivity index (χ4v) is 4.50. The summed E-state index contributed by atoms with van der Waals surface area (Å²) >= 11 is 12.5. The number of amidine groups is 1. The molecule has 8 heteroatoms. The summed E-state index contributed by atoms with van der Waals surface area (Å²) in [7, 11) is 1.86. The average Bonchev–Trinajstić information content (AvgIpc) is 3.20. The van der Waals surface area contributed by atoms with Gasteiger partial charge < -0.3 is 19.6 Å². The molecule has 0 radical (unpaired) electrons. The Morgan fingerprint density at radius 3 is 2.67 bits per heavy atom. The SMILES string of the molecule is C/C(=N/C(=C(\C=O)CCO)N1CCC2(CCOC2)CC1)N(C)c1cccc(Cl)c1Cl. The molecule has 0 saturated carbocycles. The second-order valence-electron chi connectivity index (χ2n) is 8.02. The topological polar surface area (TPSA) is 65.4 Å². The van der Waals surface area contributed by atoms with Gasteiger partial charge in [0.05, 0.1) is 22.3 Å². The zero-order valence-electron chi connectivity index (χ0n) is 17.5. The number of anilines is 1. The largest absolute Gasteiger partial charge is 0.396 e. The highest BCUT2D eigenvalue weighted by atomic mass is 35.5. The number of halogens is 2. The van der Waals surface area contributed by atoms with Gasteiger partial charge in [0.15, 0.2) is 0 Å². The molecule has 2 heterocycles. The van der Waals surface area contributed by atoms with Gasteiger partial charge in [0.25, 0.3) is 0 Å². The van der Waals surface area contributed by atoms with Crippen LogP contribution in [-0.4, -0.2) is 62.1 Å². The summed E-state index contributed by atoms with van der Waals surface area (Å²) in [6.07, 6.45) is 4.17. The quantitative estimate of drug-likeness (QED) is 0.303. The first-order valence-electron chi connectivity index (χ1n) is 10.3. The number of carbonyl (C=O) groups excluding carboxylic acids is 1. The molecule has 30 heavy (non-hydrogen) atoms. The van der Waals surface area contributed by atoms with Crippen LogP contribution in [0.5, 0.6) is 0 Å². The van der Waals surface area contributed by atoms with Crippen molar-refractivity contribution >= 4 is 41.0 Å². The first-order chi connectivity index (χ1) is 14.4. The number of rotatable bonds is 6. The van der Waals surface area contributed by atoms with E-state index >= 15 is 0 Å². The van der Waals surface area contributed by atoms with Gasteiger partial charge in [0, 0.05) is 45.3 Å². The van der Waals surface area contributed by atoms with Crippen LogP contribution in [-0.2, 0) is 9.53 Å². The maximum atomic E-state index is 11.8. The lowest BCUT2D eigenvalue weighted by Gasteiger charge is -2.40. The van der Waals surface area contributed by atoms with Gasteiger partial charge >= 0.3 is 0 Å². The molecule has 0 unspecified atom stereocenters. The van der Waals surface area contributed by atoms with Gasteiger partial charge in [-0.15, -0.1) is 0 Å². The zero-order valence-corrected chi connectivity index (χ0v) is 19.0. The molecule has 0 aromatic heterocycles. The standard InChI is InChI=1S/C22H29Cl2N3O3/c1-16(26(2)19-5-3-4-18(23)20(19)24)25-21(17(14-29)6-12-28)27-10-7-22(8-11-27)9-13-30-15-22/h3-5,14,28H,6-13,15H2,1-2H3/b21-17+,25-16-. The number of hydrogen-bond donors (Lipinski definition) is 1. The highest BCUT2D eigenvalue weighted by molar-refractivity contribution is 6.44. The van der Waals surface area contributed by atoms with E-state index in [1.807, 2.05) is 31.0 Å². The molecule has 0 aliphatic carbocycles. The molecule has 0 atom stereocenters. The smallest absolute Gasteiger partial charge is 0.149 e. The van der Waals surface area contributed by atoms with E-state index in [2.05, 4.69) is 4.90 Å². The fourth-order valence-electron chi connectivity index (χ4n) is 4.08. The van der Waals surface area contributed by atoms with Crippen molar-refractivity contribution in [2.45, 2.75) is 32.6 Å². The van der Waals surface area contributed by atoms with Crippen molar-refractivity contribution in [1.82, 2.24) is 4.90 Å². The lowest BCUT2D eigenvalue weighted by atomic mass is 9.78. The first-order valence-corrected chi connectivity index (χ1v) is 11.0. The van der Waals surface area contributed by atoms with Gasteiger partial charge in [-0.1, -0.05) is 29.3 Å². The summed E-state index contributed by atoms with van der Waals surface area (Å²) in [4.78, 5) is 20.6. The molecule has 1 spiro atoms. The third-order valence-corrected chi connectivity index (χ3v) is 6.97. The summed E-state index contributed by atoms with van der Waals surface area (Å²) < 4.78 is 5.63. The molecule has 2 aliphatic rings. The minimum Gasteiger partial charge on any atom is -0.396 e. The van der Waals surface area contributed by atoms with Crippen LogP contribution in [0.4, 0.5) is 5.69 Å². The summed E-state index contributed by atoms with van der Waals surface area (Å²) in [5.74, 6) is 1.30. The van der Waals surface area contributed by atoms with E-state index in [0.29, 0.717) is 27.3 Å². The molecule has 3 rings (SSSR count). The summed E-state index contributed by atoms with van der Waals surface area (Å²) in [6.45, 7) is 5.02. The van der Waals surface area contributed by atoms with E-state index in [4.69, 9.17) is 32.9 Å². The number of aliphatic hydroxyl groups excluding tert-OH is 1. The Morgan fingerprint density at radius 2 is 2.07 bits per heavy atom. The lowest BCUT2D eigenvalue weighted by Crippen LogP contribution is -2.40. The van der Waals surface area contributed by atoms with Crippen molar-refractivity contribution in [3.05, 3.63) is 39.6 Å². The second kappa shape index (κ2) is 10.1. The van der Waals surface area contributed by atoms with Crippen LogP contribution >= 0.6 is 23.2 Å². The van der Waals surface area contributed by atoms with Gasteiger partial charge in [0.2, 0.25) is 0 Å². The number of hydrogen-bond acceptors (Lipinski definition) is 5. The van der Waals surface area contributed by atoms with Crippen LogP contribution in [0.3, 0.4) is 0 Å². The number of aliphatic hydroxyl groups is 1. The first kappa shape index (κ1) is 23.1. The van der Waals surface area contributed by atoms with E-state index in [0.717, 1.165) is 57.5 Å². The van der Waals surface area contributed by atoms with Crippen molar-refractivity contribution in [2.75, 3.05) is 44.9 Å². The van der Waals surface area contributed by atoms with Crippen molar-refractivity contribution in [2.24, 2.45) is 10.4 Å². The molecule has 164 valence electrons. The Bertz CT molecular complexity index is 825. The van der Waals surface area contributed by atoms with E-state index in [9.17, 15) is 9.90 Å². The average molecular weight is 454 g/mol. The van der Waals surface area contributed by atoms with Gasteiger partial charge in [0.1, 0.15) is 17.9 Å². The maximum Gasteiger partial charge on any atom is 0.149 e. The van der Waals surface area contributed by atoms with Crippen molar-refractivity contribution in [3.8, 4) is 0 Å². The van der Waals surface area contributed by atoms with Crippen LogP contribution < -0.4 is 4.90 Å². The Balaban J connectivity index is 1.89. The van der Waals surface area contributed by atoms with E-state index in [1.54, 1.807) is 6.07 Å². The second-order valence-corrected chi connectivity index (χ2v) is 8.81. The van der Waals surface area contributed by atoms with E-state index < -0.39 is 0 Å². The molecular weight excluding hydrogens is 425 g/mol. The summed E-state index contributed by atoms with van der Waals surface area (Å²) in [5, 5.41) is 10.4. The molecule has 1 N–H and O–H groups in total. The van der Waals surface area contributed by atoms with Gasteiger partial charge in [-0.2, -0.15) is 0 Å².